The zero-order valence-corrected chi connectivity index (χ0v) is 13.5. The van der Waals surface area contributed by atoms with Crippen LogP contribution < -0.4 is 0 Å². The van der Waals surface area contributed by atoms with E-state index < -0.39 is 0 Å². The third kappa shape index (κ3) is 2.17. The smallest absolute Gasteiger partial charge is 0.0633 e. The molecular formula is C20H25NO. The van der Waals surface area contributed by atoms with E-state index in [9.17, 15) is 0 Å². The van der Waals surface area contributed by atoms with Crippen LogP contribution in [0.15, 0.2) is 42.8 Å². The first kappa shape index (κ1) is 14.0. The predicted octanol–water partition coefficient (Wildman–Crippen LogP) is 5.03. The molecule has 2 aliphatic carbocycles. The molecule has 1 saturated heterocycles. The summed E-state index contributed by atoms with van der Waals surface area (Å²) in [5.74, 6) is 0. The molecule has 3 aliphatic rings. The largest absolute Gasteiger partial charge is 0.375 e. The van der Waals surface area contributed by atoms with Crippen LogP contribution in [0.4, 0.5) is 0 Å². The lowest BCUT2D eigenvalue weighted by Gasteiger charge is -2.32. The van der Waals surface area contributed by atoms with Gasteiger partial charge in [-0.3, -0.25) is 4.98 Å². The van der Waals surface area contributed by atoms with Crippen LogP contribution in [0.2, 0.25) is 0 Å². The minimum absolute atomic E-state index is 0. The maximum atomic E-state index is 6.00. The second-order valence-corrected chi connectivity index (χ2v) is 7.66. The predicted molar refractivity (Wildman–Crippen MR) is 92.4 cm³/mol. The molecule has 1 aliphatic heterocycles. The highest BCUT2D eigenvalue weighted by molar-refractivity contribution is 5.99. The Labute approximate surface area is 134 Å². The maximum absolute atomic E-state index is 6.00. The highest BCUT2D eigenvalue weighted by atomic mass is 16.5. The second-order valence-electron chi connectivity index (χ2n) is 7.66. The Bertz CT molecular complexity index is 716. The van der Waals surface area contributed by atoms with Gasteiger partial charge in [-0.25, -0.2) is 0 Å². The highest BCUT2D eigenvalue weighted by Gasteiger charge is 2.44. The number of hydrogen-bond acceptors (Lipinski definition) is 2. The molecule has 1 fully saturated rings. The maximum Gasteiger partial charge on any atom is 0.0633 e. The van der Waals surface area contributed by atoms with Crippen molar-refractivity contribution in [2.45, 2.75) is 45.1 Å². The van der Waals surface area contributed by atoms with E-state index in [0.717, 1.165) is 25.0 Å². The van der Waals surface area contributed by atoms with E-state index in [0.29, 0.717) is 5.41 Å². The lowest BCUT2D eigenvalue weighted by Crippen LogP contribution is -2.25. The topological polar surface area (TPSA) is 22.1 Å². The molecule has 1 atom stereocenters. The fourth-order valence-electron chi connectivity index (χ4n) is 4.32. The minimum atomic E-state index is 0. The molecule has 0 aromatic carbocycles. The first-order valence-electron chi connectivity index (χ1n) is 8.17. The molecule has 0 radical (unpaired) electrons. The van der Waals surface area contributed by atoms with Gasteiger partial charge >= 0.3 is 0 Å². The molecule has 1 unspecified atom stereocenters. The van der Waals surface area contributed by atoms with Crippen molar-refractivity contribution in [2.24, 2.45) is 5.41 Å². The van der Waals surface area contributed by atoms with Crippen LogP contribution in [-0.2, 0) is 4.74 Å². The lowest BCUT2D eigenvalue weighted by atomic mass is 9.70. The van der Waals surface area contributed by atoms with Gasteiger partial charge in [0, 0.05) is 24.8 Å². The Morgan fingerprint density at radius 2 is 2.18 bits per heavy atom. The first-order valence-corrected chi connectivity index (χ1v) is 8.17. The number of hydrogen-bond donors (Lipinski definition) is 0. The van der Waals surface area contributed by atoms with Crippen molar-refractivity contribution < 1.29 is 6.16 Å². The van der Waals surface area contributed by atoms with Crippen molar-refractivity contribution in [3.8, 4) is 0 Å². The molecule has 2 heterocycles. The summed E-state index contributed by atoms with van der Waals surface area (Å²) in [7, 11) is 0. The summed E-state index contributed by atoms with van der Waals surface area (Å²) in [4.78, 5) is 4.30. The van der Waals surface area contributed by atoms with Gasteiger partial charge in [-0.1, -0.05) is 12.7 Å². The molecule has 116 valence electrons. The van der Waals surface area contributed by atoms with Gasteiger partial charge in [0.15, 0.2) is 0 Å². The van der Waals surface area contributed by atoms with Gasteiger partial charge in [-0.05, 0) is 74.0 Å². The minimum Gasteiger partial charge on any atom is -0.375 e. The molecular weight excluding hydrogens is 270 g/mol. The summed E-state index contributed by atoms with van der Waals surface area (Å²) in [5, 5.41) is 0. The molecule has 1 aromatic heterocycles. The molecule has 0 saturated carbocycles. The molecule has 2 nitrogen and oxygen atoms in total. The summed E-state index contributed by atoms with van der Waals surface area (Å²) in [6.45, 7) is 9.52. The van der Waals surface area contributed by atoms with Crippen LogP contribution in [0, 0.1) is 5.41 Å². The Hall–Kier alpha value is -1.67. The Morgan fingerprint density at radius 3 is 2.86 bits per heavy atom. The molecule has 0 amide bonds. The molecule has 4 rings (SSSR count). The van der Waals surface area contributed by atoms with Crippen molar-refractivity contribution in [1.82, 2.24) is 4.98 Å². The average Bonchev–Trinajstić information content (AvgIpc) is 2.99. The number of pyridine rings is 1. The van der Waals surface area contributed by atoms with Gasteiger partial charge in [0.05, 0.1) is 12.2 Å². The number of nitrogens with zero attached hydrogens (tertiary/aromatic N) is 1. The first-order chi connectivity index (χ1) is 10.5. The van der Waals surface area contributed by atoms with Crippen LogP contribution in [0.1, 0.15) is 52.1 Å². The number of aromatic nitrogens is 1. The fourth-order valence-corrected chi connectivity index (χ4v) is 4.32. The van der Waals surface area contributed by atoms with Crippen molar-refractivity contribution in [3.05, 3.63) is 53.9 Å². The van der Waals surface area contributed by atoms with E-state index in [2.05, 4.69) is 43.6 Å². The second kappa shape index (κ2) is 4.66. The van der Waals surface area contributed by atoms with E-state index in [1.165, 1.54) is 35.1 Å². The van der Waals surface area contributed by atoms with Crippen LogP contribution in [-0.4, -0.2) is 17.2 Å². The van der Waals surface area contributed by atoms with Gasteiger partial charge in [0.2, 0.25) is 0 Å². The Morgan fingerprint density at radius 1 is 1.32 bits per heavy atom. The third-order valence-electron chi connectivity index (χ3n) is 5.40. The van der Waals surface area contributed by atoms with Gasteiger partial charge in [-0.15, -0.1) is 0 Å². The fraction of sp³-hybridized carbons (Fsp3) is 0.450. The molecule has 1 aromatic rings. The van der Waals surface area contributed by atoms with Crippen LogP contribution in [0.25, 0.3) is 11.1 Å². The normalized spacial score (nSPS) is 29.5. The molecule has 0 bridgehead atoms. The lowest BCUT2D eigenvalue weighted by molar-refractivity contribution is 0.0305. The van der Waals surface area contributed by atoms with Gasteiger partial charge in [0.25, 0.3) is 0 Å². The number of allylic oxidation sites excluding steroid dienone is 5. The summed E-state index contributed by atoms with van der Waals surface area (Å²) < 4.78 is 6.00. The quantitative estimate of drug-likeness (QED) is 0.724. The molecule has 1 spiro atoms. The number of fused-ring (bicyclic) bond motifs is 1. The summed E-state index contributed by atoms with van der Waals surface area (Å²) in [6, 6.07) is 2.07. The van der Waals surface area contributed by atoms with E-state index in [4.69, 9.17) is 4.74 Å². The van der Waals surface area contributed by atoms with Crippen molar-refractivity contribution >= 4 is 11.1 Å². The van der Waals surface area contributed by atoms with Crippen molar-refractivity contribution in [1.29, 1.82) is 0 Å². The Kier molecular flexibility index (Phi) is 2.96. The summed E-state index contributed by atoms with van der Waals surface area (Å²) in [6.07, 6.45) is 13.2. The monoisotopic (exact) mass is 295 g/mol. The van der Waals surface area contributed by atoms with Gasteiger partial charge < -0.3 is 4.74 Å². The van der Waals surface area contributed by atoms with E-state index >= 15 is 0 Å². The Balaban J connectivity index is 0.00000156. The van der Waals surface area contributed by atoms with Crippen LogP contribution in [0.5, 0.6) is 0 Å². The summed E-state index contributed by atoms with van der Waals surface area (Å²) >= 11 is 0. The van der Waals surface area contributed by atoms with E-state index in [-0.39, 0.29) is 7.03 Å². The average molecular weight is 295 g/mol. The highest BCUT2D eigenvalue weighted by Crippen LogP contribution is 2.50. The van der Waals surface area contributed by atoms with Crippen LogP contribution >= 0.6 is 0 Å². The molecule has 2 heteroatoms. The van der Waals surface area contributed by atoms with Crippen LogP contribution in [0.3, 0.4) is 0 Å². The third-order valence-corrected chi connectivity index (χ3v) is 5.40. The molecule has 22 heavy (non-hydrogen) atoms. The molecule has 0 N–H and O–H groups in total. The van der Waals surface area contributed by atoms with Crippen molar-refractivity contribution in [2.75, 3.05) is 6.61 Å². The zero-order valence-electron chi connectivity index (χ0n) is 13.5. The standard InChI is InChI=1S/C20H23NO.H2/c1-14-10-17(18-11-21-9-6-16(14)18)15-4-7-20(8-5-15)12-19(2,3)22-13-20;/h4,6,9-11H,1,5,7-8,12-13H2,2-3H3;1H. The van der Waals surface area contributed by atoms with Gasteiger partial charge in [0.1, 0.15) is 0 Å². The SMILES string of the molecule is C=C1C=C(C2=CCC3(CC2)COC(C)(C)C3)c2cnccc21.[HH]. The zero-order chi connectivity index (χ0) is 15.4. The van der Waals surface area contributed by atoms with E-state index in [1.54, 1.807) is 0 Å². The van der Waals surface area contributed by atoms with Gasteiger partial charge in [-0.2, -0.15) is 0 Å². The van der Waals surface area contributed by atoms with E-state index in [1.807, 2.05) is 12.4 Å². The van der Waals surface area contributed by atoms with Crippen molar-refractivity contribution in [3.63, 3.8) is 0 Å². The summed E-state index contributed by atoms with van der Waals surface area (Å²) in [5.41, 5.74) is 6.79. The number of ether oxygens (including phenoxy) is 1. The number of rotatable bonds is 1.